The molecule has 1 aliphatic heterocycles. The van der Waals surface area contributed by atoms with Crippen molar-refractivity contribution in [3.63, 3.8) is 0 Å². The van der Waals surface area contributed by atoms with Gasteiger partial charge in [-0.1, -0.05) is 12.1 Å². The number of halogens is 3. The molecule has 1 saturated heterocycles. The number of benzene rings is 2. The van der Waals surface area contributed by atoms with Gasteiger partial charge < -0.3 is 14.7 Å². The number of carbonyl (C=O) groups is 2. The summed E-state index contributed by atoms with van der Waals surface area (Å²) in [7, 11) is 3.68. The van der Waals surface area contributed by atoms with Crippen LogP contribution in [0.2, 0.25) is 0 Å². The minimum atomic E-state index is -4.88. The lowest BCUT2D eigenvalue weighted by Crippen LogP contribution is -2.30. The summed E-state index contributed by atoms with van der Waals surface area (Å²) in [5, 5.41) is 19.1. The molecule has 1 atom stereocenters. The molecule has 4 rings (SSSR count). The molecule has 3 aromatic rings. The van der Waals surface area contributed by atoms with E-state index >= 15 is 0 Å². The highest BCUT2D eigenvalue weighted by Crippen LogP contribution is 2.42. The van der Waals surface area contributed by atoms with Gasteiger partial charge in [0, 0.05) is 25.3 Å². The van der Waals surface area contributed by atoms with Crippen LogP contribution in [0.5, 0.6) is 5.75 Å². The number of aliphatic hydroxyl groups excluding tert-OH is 1. The van der Waals surface area contributed by atoms with Crippen LogP contribution in [0.3, 0.4) is 0 Å². The molecule has 0 saturated carbocycles. The quantitative estimate of drug-likeness (QED) is 0.317. The van der Waals surface area contributed by atoms with Crippen LogP contribution in [0.1, 0.15) is 22.9 Å². The zero-order valence-corrected chi connectivity index (χ0v) is 19.4. The molecule has 1 unspecified atom stereocenters. The first kappa shape index (κ1) is 24.7. The zero-order chi connectivity index (χ0) is 26.2. The van der Waals surface area contributed by atoms with Crippen LogP contribution in [0.25, 0.3) is 5.76 Å². The number of Topliss-reactive ketones (excluding diaryl/α,β-unsaturated/α-hetero) is 1. The maximum atomic E-state index is 13.1. The van der Waals surface area contributed by atoms with Crippen molar-refractivity contribution in [1.82, 2.24) is 10.2 Å². The van der Waals surface area contributed by atoms with Crippen LogP contribution >= 0.6 is 0 Å². The van der Waals surface area contributed by atoms with Crippen LogP contribution in [0.4, 0.5) is 24.7 Å². The lowest BCUT2D eigenvalue weighted by atomic mass is 9.95. The number of anilines is 2. The van der Waals surface area contributed by atoms with Gasteiger partial charge in [0.1, 0.15) is 11.5 Å². The first-order chi connectivity index (χ1) is 17.0. The van der Waals surface area contributed by atoms with Crippen LogP contribution in [-0.2, 0) is 9.59 Å². The lowest BCUT2D eigenvalue weighted by Gasteiger charge is -2.24. The monoisotopic (exact) mass is 498 g/mol. The third-order valence-corrected chi connectivity index (χ3v) is 5.56. The molecule has 0 aliphatic carbocycles. The van der Waals surface area contributed by atoms with E-state index in [0.29, 0.717) is 5.69 Å². The van der Waals surface area contributed by atoms with E-state index in [1.807, 2.05) is 19.0 Å². The number of hydrogen-bond donors (Lipinski definition) is 1. The largest absolute Gasteiger partial charge is 0.573 e. The van der Waals surface area contributed by atoms with Gasteiger partial charge >= 0.3 is 12.3 Å². The van der Waals surface area contributed by atoms with Crippen LogP contribution < -0.4 is 14.5 Å². The van der Waals surface area contributed by atoms with E-state index < -0.39 is 35.6 Å². The molecule has 1 fully saturated rings. The molecule has 1 aliphatic rings. The summed E-state index contributed by atoms with van der Waals surface area (Å²) < 4.78 is 41.8. The Labute approximate surface area is 204 Å². The van der Waals surface area contributed by atoms with E-state index in [0.717, 1.165) is 22.7 Å². The molecule has 0 bridgehead atoms. The summed E-state index contributed by atoms with van der Waals surface area (Å²) in [6, 6.07) is 13.3. The summed E-state index contributed by atoms with van der Waals surface area (Å²) >= 11 is 0. The number of aromatic nitrogens is 2. The fourth-order valence-electron chi connectivity index (χ4n) is 3.83. The lowest BCUT2D eigenvalue weighted by molar-refractivity contribution is -0.274. The third-order valence-electron chi connectivity index (χ3n) is 5.56. The molecular weight excluding hydrogens is 477 g/mol. The molecule has 1 amide bonds. The molecule has 2 heterocycles. The predicted octanol–water partition coefficient (Wildman–Crippen LogP) is 4.38. The number of rotatable bonds is 5. The minimum absolute atomic E-state index is 0.0466. The van der Waals surface area contributed by atoms with E-state index in [1.54, 1.807) is 37.3 Å². The van der Waals surface area contributed by atoms with Crippen molar-refractivity contribution < 1.29 is 32.6 Å². The van der Waals surface area contributed by atoms with Gasteiger partial charge in [-0.2, -0.15) is 5.10 Å². The number of nitrogens with zero attached hydrogens (tertiary/aromatic N) is 4. The second-order valence-corrected chi connectivity index (χ2v) is 8.26. The summed E-state index contributed by atoms with van der Waals surface area (Å²) in [4.78, 5) is 29.2. The van der Waals surface area contributed by atoms with Crippen molar-refractivity contribution in [2.24, 2.45) is 0 Å². The maximum Gasteiger partial charge on any atom is 0.573 e. The number of aryl methyl sites for hydroxylation is 1. The average molecular weight is 498 g/mol. The average Bonchev–Trinajstić information content (AvgIpc) is 3.09. The maximum absolute atomic E-state index is 13.1. The molecule has 0 radical (unpaired) electrons. The van der Waals surface area contributed by atoms with Crippen LogP contribution in [0, 0.1) is 6.92 Å². The number of alkyl halides is 3. The summed E-state index contributed by atoms with van der Waals surface area (Å²) in [5.41, 5.74) is 1.73. The molecule has 11 heteroatoms. The zero-order valence-electron chi connectivity index (χ0n) is 19.4. The Morgan fingerprint density at radius 2 is 1.61 bits per heavy atom. The standard InChI is InChI=1S/C25H21F3N4O4/c1-14-4-13-19(30-29-14)32-21(15-7-11-18(12-8-15)36-25(26,27)28)20(23(34)24(32)35)22(33)16-5-9-17(10-6-16)31(2)3/h4-13,21,33H,1-3H3. The first-order valence-electron chi connectivity index (χ1n) is 10.7. The SMILES string of the molecule is Cc1ccc(N2C(=O)C(=O)C(=C(O)c3ccc(N(C)C)cc3)C2c2ccc(OC(F)(F)F)cc2)nn1. The van der Waals surface area contributed by atoms with Crippen molar-refractivity contribution in [2.75, 3.05) is 23.9 Å². The highest BCUT2D eigenvalue weighted by atomic mass is 19.4. The fraction of sp³-hybridized carbons (Fsp3) is 0.200. The van der Waals surface area contributed by atoms with Crippen molar-refractivity contribution in [2.45, 2.75) is 19.3 Å². The number of hydrogen-bond acceptors (Lipinski definition) is 7. The highest BCUT2D eigenvalue weighted by Gasteiger charge is 2.47. The van der Waals surface area contributed by atoms with Crippen molar-refractivity contribution in [3.05, 3.63) is 83.1 Å². The Balaban J connectivity index is 1.85. The Morgan fingerprint density at radius 1 is 0.972 bits per heavy atom. The summed E-state index contributed by atoms with van der Waals surface area (Å²) in [6.07, 6.45) is -4.88. The number of amides is 1. The number of ketones is 1. The van der Waals surface area contributed by atoms with Crippen molar-refractivity contribution in [1.29, 1.82) is 0 Å². The first-order valence-corrected chi connectivity index (χ1v) is 10.7. The van der Waals surface area contributed by atoms with Crippen LogP contribution in [-0.4, -0.2) is 47.5 Å². The topological polar surface area (TPSA) is 95.9 Å². The van der Waals surface area contributed by atoms with Gasteiger partial charge in [-0.3, -0.25) is 14.5 Å². The molecule has 186 valence electrons. The van der Waals surface area contributed by atoms with Gasteiger partial charge in [0.05, 0.1) is 17.3 Å². The van der Waals surface area contributed by atoms with E-state index in [2.05, 4.69) is 14.9 Å². The Bertz CT molecular complexity index is 1320. The Hall–Kier alpha value is -4.41. The molecule has 8 nitrogen and oxygen atoms in total. The number of ether oxygens (including phenoxy) is 1. The normalized spacial score (nSPS) is 17.4. The predicted molar refractivity (Wildman–Crippen MR) is 125 cm³/mol. The number of carbonyl (C=O) groups excluding carboxylic acids is 2. The number of aliphatic hydroxyl groups is 1. The molecule has 1 N–H and O–H groups in total. The molecule has 36 heavy (non-hydrogen) atoms. The van der Waals surface area contributed by atoms with Gasteiger partial charge in [0.2, 0.25) is 0 Å². The molecule has 0 spiro atoms. The summed E-state index contributed by atoms with van der Waals surface area (Å²) in [6.45, 7) is 1.69. The minimum Gasteiger partial charge on any atom is -0.507 e. The van der Waals surface area contributed by atoms with Gasteiger partial charge in [0.25, 0.3) is 5.78 Å². The molecular formula is C25H21F3N4O4. The van der Waals surface area contributed by atoms with Crippen molar-refractivity contribution in [3.8, 4) is 5.75 Å². The van der Waals surface area contributed by atoms with E-state index in [4.69, 9.17) is 0 Å². The highest BCUT2D eigenvalue weighted by molar-refractivity contribution is 6.51. The smallest absolute Gasteiger partial charge is 0.507 e. The Morgan fingerprint density at radius 3 is 2.14 bits per heavy atom. The second-order valence-electron chi connectivity index (χ2n) is 8.26. The molecule has 2 aromatic carbocycles. The molecule has 1 aromatic heterocycles. The second kappa shape index (κ2) is 9.33. The van der Waals surface area contributed by atoms with E-state index in [1.165, 1.54) is 18.2 Å². The fourth-order valence-corrected chi connectivity index (χ4v) is 3.83. The van der Waals surface area contributed by atoms with Gasteiger partial charge in [0.15, 0.2) is 5.82 Å². The van der Waals surface area contributed by atoms with Gasteiger partial charge in [-0.25, -0.2) is 0 Å². The Kier molecular flexibility index (Phi) is 6.40. The summed E-state index contributed by atoms with van der Waals surface area (Å²) in [5.74, 6) is -2.78. The van der Waals surface area contributed by atoms with E-state index in [9.17, 15) is 27.9 Å². The van der Waals surface area contributed by atoms with Crippen LogP contribution in [0.15, 0.2) is 66.2 Å². The third kappa shape index (κ3) is 4.85. The van der Waals surface area contributed by atoms with E-state index in [-0.39, 0.29) is 22.5 Å². The van der Waals surface area contributed by atoms with Gasteiger partial charge in [-0.05, 0) is 61.0 Å². The van der Waals surface area contributed by atoms with Crippen molar-refractivity contribution >= 4 is 29.0 Å². The van der Waals surface area contributed by atoms with Gasteiger partial charge in [-0.15, -0.1) is 18.3 Å².